The minimum Gasteiger partial charge on any atom is -0.354 e. The van der Waals surface area contributed by atoms with Gasteiger partial charge in [-0.2, -0.15) is 0 Å². The molecule has 0 saturated heterocycles. The summed E-state index contributed by atoms with van der Waals surface area (Å²) in [4.78, 5) is 23.4. The van der Waals surface area contributed by atoms with Crippen LogP contribution in [-0.4, -0.2) is 30.4 Å². The van der Waals surface area contributed by atoms with Crippen molar-refractivity contribution in [2.75, 3.05) is 13.1 Å². The number of aryl methyl sites for hydroxylation is 1. The predicted molar refractivity (Wildman–Crippen MR) is 84.0 cm³/mol. The largest absolute Gasteiger partial charge is 0.354 e. The van der Waals surface area contributed by atoms with E-state index in [1.165, 1.54) is 0 Å². The summed E-state index contributed by atoms with van der Waals surface area (Å²) in [5.41, 5.74) is 7.21. The van der Waals surface area contributed by atoms with Crippen LogP contribution in [0.15, 0.2) is 24.3 Å². The first-order valence-corrected chi connectivity index (χ1v) is 7.18. The zero-order valence-corrected chi connectivity index (χ0v) is 13.0. The summed E-state index contributed by atoms with van der Waals surface area (Å²) in [6, 6.07) is 7.36. The number of nitrogens with two attached hydrogens (primary N) is 1. The quantitative estimate of drug-likeness (QED) is 0.663. The van der Waals surface area contributed by atoms with Gasteiger partial charge in [0.2, 0.25) is 5.91 Å². The summed E-state index contributed by atoms with van der Waals surface area (Å²) in [5.74, 6) is -0.176. The summed E-state index contributed by atoms with van der Waals surface area (Å²) >= 11 is 0. The lowest BCUT2D eigenvalue weighted by molar-refractivity contribution is -0.121. The normalized spacial score (nSPS) is 11.0. The molecule has 0 spiro atoms. The van der Waals surface area contributed by atoms with Crippen molar-refractivity contribution in [3.05, 3.63) is 35.4 Å². The summed E-state index contributed by atoms with van der Waals surface area (Å²) in [7, 11) is 0. The molecule has 0 aliphatic carbocycles. The minimum atomic E-state index is -0.336. The van der Waals surface area contributed by atoms with Crippen LogP contribution >= 0.6 is 0 Å². The summed E-state index contributed by atoms with van der Waals surface area (Å²) < 4.78 is 0. The fourth-order valence-electron chi connectivity index (χ4n) is 1.71. The highest BCUT2D eigenvalue weighted by molar-refractivity contribution is 5.94. The third-order valence-electron chi connectivity index (χ3n) is 3.04. The van der Waals surface area contributed by atoms with Gasteiger partial charge in [-0.3, -0.25) is 9.59 Å². The van der Waals surface area contributed by atoms with Crippen molar-refractivity contribution < 1.29 is 9.59 Å². The molecule has 116 valence electrons. The monoisotopic (exact) mass is 291 g/mol. The Morgan fingerprint density at radius 2 is 1.67 bits per heavy atom. The van der Waals surface area contributed by atoms with Gasteiger partial charge in [0, 0.05) is 30.6 Å². The van der Waals surface area contributed by atoms with E-state index in [9.17, 15) is 9.59 Å². The molecule has 2 amide bonds. The van der Waals surface area contributed by atoms with Crippen molar-refractivity contribution in [3.63, 3.8) is 0 Å². The molecule has 1 aromatic rings. The van der Waals surface area contributed by atoms with E-state index >= 15 is 0 Å². The number of nitrogens with one attached hydrogen (secondary N) is 2. The van der Waals surface area contributed by atoms with Crippen LogP contribution in [-0.2, 0) is 4.79 Å². The molecule has 1 aromatic carbocycles. The SMILES string of the molecule is Cc1ccc(C(=O)NCCNC(=O)CCC(C)(C)N)cc1. The highest BCUT2D eigenvalue weighted by Gasteiger charge is 2.12. The van der Waals surface area contributed by atoms with Crippen LogP contribution in [0.2, 0.25) is 0 Å². The average Bonchev–Trinajstić information content (AvgIpc) is 2.41. The second-order valence-electron chi connectivity index (χ2n) is 5.96. The summed E-state index contributed by atoms with van der Waals surface area (Å²) in [5, 5.41) is 5.53. The molecule has 0 aliphatic heterocycles. The van der Waals surface area contributed by atoms with Crippen LogP contribution in [0, 0.1) is 6.92 Å². The maximum atomic E-state index is 11.8. The van der Waals surface area contributed by atoms with Gasteiger partial charge in [0.1, 0.15) is 0 Å². The summed E-state index contributed by atoms with van der Waals surface area (Å²) in [6.07, 6.45) is 1.03. The number of carbonyl (C=O) groups is 2. The van der Waals surface area contributed by atoms with Crippen molar-refractivity contribution in [2.45, 2.75) is 39.2 Å². The van der Waals surface area contributed by atoms with E-state index in [-0.39, 0.29) is 17.4 Å². The highest BCUT2D eigenvalue weighted by Crippen LogP contribution is 2.06. The third-order valence-corrected chi connectivity index (χ3v) is 3.04. The Labute approximate surface area is 126 Å². The van der Waals surface area contributed by atoms with Gasteiger partial charge >= 0.3 is 0 Å². The molecule has 0 fully saturated rings. The van der Waals surface area contributed by atoms with Gasteiger partial charge < -0.3 is 16.4 Å². The Morgan fingerprint density at radius 1 is 1.10 bits per heavy atom. The molecule has 0 atom stereocenters. The maximum absolute atomic E-state index is 11.8. The topological polar surface area (TPSA) is 84.2 Å². The van der Waals surface area contributed by atoms with Crippen molar-refractivity contribution in [1.82, 2.24) is 10.6 Å². The molecule has 0 unspecified atom stereocenters. The Morgan fingerprint density at radius 3 is 2.24 bits per heavy atom. The van der Waals surface area contributed by atoms with E-state index < -0.39 is 0 Å². The first kappa shape index (κ1) is 17.2. The Balaban J connectivity index is 2.20. The minimum absolute atomic E-state index is 0.0434. The lowest BCUT2D eigenvalue weighted by Crippen LogP contribution is -2.37. The molecule has 4 N–H and O–H groups in total. The molecule has 0 aromatic heterocycles. The molecule has 0 aliphatic rings. The lowest BCUT2D eigenvalue weighted by Gasteiger charge is -2.17. The number of amides is 2. The van der Waals surface area contributed by atoms with Gasteiger partial charge in [0.25, 0.3) is 5.91 Å². The fourth-order valence-corrected chi connectivity index (χ4v) is 1.71. The molecule has 1 rings (SSSR count). The van der Waals surface area contributed by atoms with E-state index in [0.29, 0.717) is 31.5 Å². The zero-order chi connectivity index (χ0) is 15.9. The zero-order valence-electron chi connectivity index (χ0n) is 13.0. The van der Waals surface area contributed by atoms with E-state index in [1.807, 2.05) is 32.9 Å². The Kier molecular flexibility index (Phi) is 6.37. The second-order valence-corrected chi connectivity index (χ2v) is 5.96. The first-order valence-electron chi connectivity index (χ1n) is 7.18. The van der Waals surface area contributed by atoms with E-state index in [1.54, 1.807) is 12.1 Å². The number of hydrogen-bond donors (Lipinski definition) is 3. The van der Waals surface area contributed by atoms with Crippen molar-refractivity contribution >= 4 is 11.8 Å². The smallest absolute Gasteiger partial charge is 0.251 e. The van der Waals surface area contributed by atoms with Crippen LogP contribution in [0.5, 0.6) is 0 Å². The molecule has 21 heavy (non-hydrogen) atoms. The molecular formula is C16H25N3O2. The van der Waals surface area contributed by atoms with Gasteiger partial charge in [-0.15, -0.1) is 0 Å². The number of hydrogen-bond acceptors (Lipinski definition) is 3. The van der Waals surface area contributed by atoms with Crippen LogP contribution in [0.4, 0.5) is 0 Å². The van der Waals surface area contributed by atoms with Crippen LogP contribution in [0.1, 0.15) is 42.6 Å². The van der Waals surface area contributed by atoms with Crippen LogP contribution in [0.25, 0.3) is 0 Å². The fraction of sp³-hybridized carbons (Fsp3) is 0.500. The highest BCUT2D eigenvalue weighted by atomic mass is 16.2. The predicted octanol–water partition coefficient (Wildman–Crippen LogP) is 1.36. The molecule has 5 nitrogen and oxygen atoms in total. The van der Waals surface area contributed by atoms with Crippen molar-refractivity contribution in [3.8, 4) is 0 Å². The maximum Gasteiger partial charge on any atom is 0.251 e. The molecular weight excluding hydrogens is 266 g/mol. The Bertz CT molecular complexity index is 475. The third kappa shape index (κ3) is 7.46. The second kappa shape index (κ2) is 7.78. The van der Waals surface area contributed by atoms with Crippen LogP contribution in [0.3, 0.4) is 0 Å². The molecule has 0 bridgehead atoms. The van der Waals surface area contributed by atoms with Gasteiger partial charge in [-0.1, -0.05) is 17.7 Å². The van der Waals surface area contributed by atoms with Gasteiger partial charge in [-0.25, -0.2) is 0 Å². The van der Waals surface area contributed by atoms with Crippen LogP contribution < -0.4 is 16.4 Å². The molecule has 5 heteroatoms. The van der Waals surface area contributed by atoms with Crippen molar-refractivity contribution in [1.29, 1.82) is 0 Å². The number of rotatable bonds is 7. The van der Waals surface area contributed by atoms with E-state index in [4.69, 9.17) is 5.73 Å². The average molecular weight is 291 g/mol. The van der Waals surface area contributed by atoms with Gasteiger partial charge in [-0.05, 0) is 39.3 Å². The van der Waals surface area contributed by atoms with E-state index in [2.05, 4.69) is 10.6 Å². The molecule has 0 heterocycles. The Hall–Kier alpha value is -1.88. The standard InChI is InChI=1S/C16H25N3O2/c1-12-4-6-13(7-5-12)15(21)19-11-10-18-14(20)8-9-16(2,3)17/h4-7H,8-11,17H2,1-3H3,(H,18,20)(H,19,21). The number of benzene rings is 1. The van der Waals surface area contributed by atoms with Crippen molar-refractivity contribution in [2.24, 2.45) is 5.73 Å². The van der Waals surface area contributed by atoms with Gasteiger partial charge in [0.05, 0.1) is 0 Å². The lowest BCUT2D eigenvalue weighted by atomic mass is 10.00. The number of carbonyl (C=O) groups excluding carboxylic acids is 2. The summed E-state index contributed by atoms with van der Waals surface area (Å²) in [6.45, 7) is 6.58. The van der Waals surface area contributed by atoms with Gasteiger partial charge in [0.15, 0.2) is 0 Å². The molecule has 0 radical (unpaired) electrons. The first-order chi connectivity index (χ1) is 9.78. The molecule has 0 saturated carbocycles. The van der Waals surface area contributed by atoms with E-state index in [0.717, 1.165) is 5.56 Å².